The summed E-state index contributed by atoms with van der Waals surface area (Å²) in [5.41, 5.74) is 0.848. The van der Waals surface area contributed by atoms with Gasteiger partial charge in [0.15, 0.2) is 11.5 Å². The van der Waals surface area contributed by atoms with E-state index in [4.69, 9.17) is 9.47 Å². The predicted octanol–water partition coefficient (Wildman–Crippen LogP) is 2.61. The number of nitrogens with zero attached hydrogens (tertiary/aromatic N) is 1. The molecule has 18 heavy (non-hydrogen) atoms. The van der Waals surface area contributed by atoms with E-state index in [0.717, 1.165) is 24.3 Å². The van der Waals surface area contributed by atoms with Crippen LogP contribution in [0.5, 0.6) is 11.5 Å². The van der Waals surface area contributed by atoms with Gasteiger partial charge in [-0.25, -0.2) is 0 Å². The van der Waals surface area contributed by atoms with Crippen molar-refractivity contribution in [2.45, 2.75) is 26.2 Å². The summed E-state index contributed by atoms with van der Waals surface area (Å²) < 4.78 is 11.0. The van der Waals surface area contributed by atoms with E-state index in [2.05, 4.69) is 6.92 Å². The number of fused-ring (bicyclic) bond motifs is 1. The van der Waals surface area contributed by atoms with Gasteiger partial charge in [0.25, 0.3) is 0 Å². The summed E-state index contributed by atoms with van der Waals surface area (Å²) in [6, 6.07) is 5.60. The van der Waals surface area contributed by atoms with E-state index >= 15 is 0 Å². The molecule has 0 N–H and O–H groups in total. The van der Waals surface area contributed by atoms with E-state index < -0.39 is 0 Å². The zero-order chi connectivity index (χ0) is 13.0. The Morgan fingerprint density at radius 2 is 2.00 bits per heavy atom. The largest absolute Gasteiger partial charge is 0.486 e. The van der Waals surface area contributed by atoms with Crippen LogP contribution in [0.25, 0.3) is 0 Å². The first-order chi connectivity index (χ1) is 8.72. The molecule has 4 nitrogen and oxygen atoms in total. The molecule has 0 radical (unpaired) electrons. The maximum absolute atomic E-state index is 11.9. The summed E-state index contributed by atoms with van der Waals surface area (Å²) in [5, 5.41) is 0. The van der Waals surface area contributed by atoms with E-state index in [1.165, 1.54) is 0 Å². The Bertz CT molecular complexity index is 431. The lowest BCUT2D eigenvalue weighted by molar-refractivity contribution is -0.118. The summed E-state index contributed by atoms with van der Waals surface area (Å²) in [6.45, 7) is 3.22. The van der Waals surface area contributed by atoms with E-state index in [-0.39, 0.29) is 5.91 Å². The molecule has 1 aliphatic heterocycles. The zero-order valence-electron chi connectivity index (χ0n) is 10.9. The van der Waals surface area contributed by atoms with Crippen LogP contribution in [0.15, 0.2) is 18.2 Å². The molecule has 98 valence electrons. The summed E-state index contributed by atoms with van der Waals surface area (Å²) in [6.07, 6.45) is 2.54. The number of hydrogen-bond donors (Lipinski definition) is 0. The fraction of sp³-hybridized carbons (Fsp3) is 0.500. The van der Waals surface area contributed by atoms with Gasteiger partial charge in [0.1, 0.15) is 13.2 Å². The predicted molar refractivity (Wildman–Crippen MR) is 70.4 cm³/mol. The summed E-state index contributed by atoms with van der Waals surface area (Å²) in [5.74, 6) is 1.60. The number of carbonyl (C=O) groups excluding carboxylic acids is 1. The summed E-state index contributed by atoms with van der Waals surface area (Å²) in [4.78, 5) is 13.6. The highest BCUT2D eigenvalue weighted by Gasteiger charge is 2.15. The molecule has 1 aliphatic rings. The van der Waals surface area contributed by atoms with Gasteiger partial charge in [-0.3, -0.25) is 4.79 Å². The molecule has 1 aromatic carbocycles. The number of anilines is 1. The van der Waals surface area contributed by atoms with Gasteiger partial charge in [-0.05, 0) is 18.6 Å². The molecule has 2 rings (SSSR count). The number of ether oxygens (including phenoxy) is 2. The lowest BCUT2D eigenvalue weighted by Crippen LogP contribution is -2.26. The van der Waals surface area contributed by atoms with Crippen LogP contribution in [0.4, 0.5) is 5.69 Å². The molecule has 0 fully saturated rings. The van der Waals surface area contributed by atoms with Crippen LogP contribution in [-0.4, -0.2) is 26.2 Å². The van der Waals surface area contributed by atoms with Crippen LogP contribution >= 0.6 is 0 Å². The molecular formula is C14H19NO3. The van der Waals surface area contributed by atoms with Crippen LogP contribution in [-0.2, 0) is 4.79 Å². The van der Waals surface area contributed by atoms with Crippen LogP contribution in [0.3, 0.4) is 0 Å². The SMILES string of the molecule is CCCCC(=O)N(C)c1ccc2c(c1)OCCO2. The second-order valence-electron chi connectivity index (χ2n) is 4.38. The lowest BCUT2D eigenvalue weighted by atomic mass is 10.2. The molecule has 4 heteroatoms. The number of rotatable bonds is 4. The fourth-order valence-electron chi connectivity index (χ4n) is 1.88. The van der Waals surface area contributed by atoms with Crippen molar-refractivity contribution in [1.82, 2.24) is 0 Å². The van der Waals surface area contributed by atoms with Gasteiger partial charge in [0.05, 0.1) is 0 Å². The molecule has 0 unspecified atom stereocenters. The van der Waals surface area contributed by atoms with Crippen molar-refractivity contribution in [2.24, 2.45) is 0 Å². The Balaban J connectivity index is 2.10. The van der Waals surface area contributed by atoms with Crippen molar-refractivity contribution in [3.8, 4) is 11.5 Å². The standard InChI is InChI=1S/C14H19NO3/c1-3-4-5-14(16)15(2)11-6-7-12-13(10-11)18-9-8-17-12/h6-7,10H,3-5,8-9H2,1-2H3. The molecule has 0 bridgehead atoms. The van der Waals surface area contributed by atoms with Crippen molar-refractivity contribution < 1.29 is 14.3 Å². The number of amides is 1. The van der Waals surface area contributed by atoms with Crippen molar-refractivity contribution in [3.63, 3.8) is 0 Å². The average Bonchev–Trinajstić information content (AvgIpc) is 2.43. The van der Waals surface area contributed by atoms with Crippen LogP contribution in [0.2, 0.25) is 0 Å². The Morgan fingerprint density at radius 1 is 1.28 bits per heavy atom. The van der Waals surface area contributed by atoms with E-state index in [1.807, 2.05) is 18.2 Å². The van der Waals surface area contributed by atoms with Crippen molar-refractivity contribution in [3.05, 3.63) is 18.2 Å². The molecule has 0 saturated carbocycles. The van der Waals surface area contributed by atoms with Gasteiger partial charge in [-0.1, -0.05) is 13.3 Å². The highest BCUT2D eigenvalue weighted by molar-refractivity contribution is 5.93. The first-order valence-corrected chi connectivity index (χ1v) is 6.38. The molecule has 1 amide bonds. The lowest BCUT2D eigenvalue weighted by Gasteiger charge is -2.22. The third kappa shape index (κ3) is 2.75. The van der Waals surface area contributed by atoms with Gasteiger partial charge in [0.2, 0.25) is 5.91 Å². The Hall–Kier alpha value is -1.71. The van der Waals surface area contributed by atoms with Gasteiger partial charge in [-0.15, -0.1) is 0 Å². The third-order valence-electron chi connectivity index (χ3n) is 3.03. The molecule has 0 aromatic heterocycles. The third-order valence-corrected chi connectivity index (χ3v) is 3.03. The Morgan fingerprint density at radius 3 is 2.72 bits per heavy atom. The second kappa shape index (κ2) is 5.76. The van der Waals surface area contributed by atoms with Crippen LogP contribution < -0.4 is 14.4 Å². The molecule has 1 heterocycles. The molecule has 0 saturated heterocycles. The Kier molecular flexibility index (Phi) is 4.07. The van der Waals surface area contributed by atoms with Crippen LogP contribution in [0, 0.1) is 0 Å². The minimum atomic E-state index is 0.133. The molecule has 0 atom stereocenters. The summed E-state index contributed by atoms with van der Waals surface area (Å²) >= 11 is 0. The zero-order valence-corrected chi connectivity index (χ0v) is 10.9. The number of carbonyl (C=O) groups is 1. The summed E-state index contributed by atoms with van der Waals surface area (Å²) in [7, 11) is 1.80. The van der Waals surface area contributed by atoms with E-state index in [9.17, 15) is 4.79 Å². The smallest absolute Gasteiger partial charge is 0.226 e. The maximum atomic E-state index is 11.9. The molecule has 0 spiro atoms. The minimum absolute atomic E-state index is 0.133. The van der Waals surface area contributed by atoms with Crippen molar-refractivity contribution in [2.75, 3.05) is 25.2 Å². The highest BCUT2D eigenvalue weighted by atomic mass is 16.6. The van der Waals surface area contributed by atoms with E-state index in [0.29, 0.717) is 25.4 Å². The monoisotopic (exact) mass is 249 g/mol. The topological polar surface area (TPSA) is 38.8 Å². The number of unbranched alkanes of at least 4 members (excludes halogenated alkanes) is 1. The first-order valence-electron chi connectivity index (χ1n) is 6.38. The van der Waals surface area contributed by atoms with Crippen LogP contribution in [0.1, 0.15) is 26.2 Å². The minimum Gasteiger partial charge on any atom is -0.486 e. The van der Waals surface area contributed by atoms with Crippen molar-refractivity contribution in [1.29, 1.82) is 0 Å². The molecule has 0 aliphatic carbocycles. The van der Waals surface area contributed by atoms with E-state index in [1.54, 1.807) is 11.9 Å². The van der Waals surface area contributed by atoms with Gasteiger partial charge in [-0.2, -0.15) is 0 Å². The van der Waals surface area contributed by atoms with Crippen molar-refractivity contribution >= 4 is 11.6 Å². The fourth-order valence-corrected chi connectivity index (χ4v) is 1.88. The second-order valence-corrected chi connectivity index (χ2v) is 4.38. The van der Waals surface area contributed by atoms with Gasteiger partial charge in [0, 0.05) is 25.2 Å². The molecule has 1 aromatic rings. The maximum Gasteiger partial charge on any atom is 0.226 e. The number of hydrogen-bond acceptors (Lipinski definition) is 3. The number of benzene rings is 1. The quantitative estimate of drug-likeness (QED) is 0.823. The first kappa shape index (κ1) is 12.7. The van der Waals surface area contributed by atoms with Gasteiger partial charge >= 0.3 is 0 Å². The normalized spacial score (nSPS) is 13.2. The molecular weight excluding hydrogens is 230 g/mol. The Labute approximate surface area is 107 Å². The average molecular weight is 249 g/mol. The van der Waals surface area contributed by atoms with Gasteiger partial charge < -0.3 is 14.4 Å². The highest BCUT2D eigenvalue weighted by Crippen LogP contribution is 2.33.